The maximum Gasteiger partial charge on any atom is 0.410 e. The Morgan fingerprint density at radius 1 is 1.03 bits per heavy atom. The number of carbonyl (C=O) groups is 3. The van der Waals surface area contributed by atoms with E-state index in [2.05, 4.69) is 5.32 Å². The van der Waals surface area contributed by atoms with Crippen LogP contribution in [0, 0.1) is 5.92 Å². The van der Waals surface area contributed by atoms with Crippen molar-refractivity contribution in [1.82, 2.24) is 10.4 Å². The summed E-state index contributed by atoms with van der Waals surface area (Å²) in [6, 6.07) is 11.1. The highest BCUT2D eigenvalue weighted by Gasteiger charge is 2.28. The maximum atomic E-state index is 12.5. The van der Waals surface area contributed by atoms with Gasteiger partial charge in [-0.15, -0.1) is 0 Å². The topological polar surface area (TPSA) is 108 Å². The molecule has 0 radical (unpaired) electrons. The van der Waals surface area contributed by atoms with Crippen molar-refractivity contribution in [2.75, 3.05) is 18.4 Å². The lowest BCUT2D eigenvalue weighted by Crippen LogP contribution is -2.41. The molecule has 10 heteroatoms. The van der Waals surface area contributed by atoms with Gasteiger partial charge in [0.25, 0.3) is 5.91 Å². The Bertz CT molecular complexity index is 940. The van der Waals surface area contributed by atoms with E-state index in [4.69, 9.17) is 33.1 Å². The van der Waals surface area contributed by atoms with E-state index >= 15 is 0 Å². The molecule has 1 saturated heterocycles. The molecule has 3 amide bonds. The van der Waals surface area contributed by atoms with E-state index in [1.54, 1.807) is 40.7 Å². The maximum absolute atomic E-state index is 12.5. The van der Waals surface area contributed by atoms with Gasteiger partial charge in [0.15, 0.2) is 0 Å². The van der Waals surface area contributed by atoms with Gasteiger partial charge in [-0.25, -0.2) is 10.3 Å². The molecule has 0 bridgehead atoms. The molecule has 1 aliphatic heterocycles. The highest BCUT2D eigenvalue weighted by molar-refractivity contribution is 6.34. The van der Waals surface area contributed by atoms with E-state index in [-0.39, 0.29) is 24.0 Å². The summed E-state index contributed by atoms with van der Waals surface area (Å²) in [5.74, 6) is -1.02. The first-order chi connectivity index (χ1) is 14.9. The van der Waals surface area contributed by atoms with E-state index in [9.17, 15) is 14.4 Å². The molecule has 0 aromatic heterocycles. The zero-order valence-corrected chi connectivity index (χ0v) is 17.9. The number of rotatable bonds is 5. The van der Waals surface area contributed by atoms with Gasteiger partial charge in [-0.05, 0) is 60.9 Å². The van der Waals surface area contributed by atoms with Crippen LogP contribution in [-0.4, -0.2) is 41.1 Å². The molecule has 0 atom stereocenters. The average molecular weight is 466 g/mol. The monoisotopic (exact) mass is 465 g/mol. The number of nitrogens with zero attached hydrogens (tertiary/aromatic N) is 1. The molecule has 3 rings (SSSR count). The van der Waals surface area contributed by atoms with E-state index in [0.29, 0.717) is 47.2 Å². The summed E-state index contributed by atoms with van der Waals surface area (Å²) in [5, 5.41) is 12.4. The van der Waals surface area contributed by atoms with Crippen LogP contribution in [0.3, 0.4) is 0 Å². The minimum absolute atomic E-state index is 0.0594. The number of likely N-dealkylation sites (tertiary alicyclic amines) is 1. The number of piperidine rings is 1. The SMILES string of the molecule is O=C(NO)c1ccc(NC(=O)C2CCN(C(=O)OCc3cc(Cl)cc(Cl)c3)CC2)cc1. The van der Waals surface area contributed by atoms with Crippen LogP contribution in [0.15, 0.2) is 42.5 Å². The second kappa shape index (κ2) is 10.5. The number of benzene rings is 2. The van der Waals surface area contributed by atoms with Gasteiger partial charge in [0.2, 0.25) is 5.91 Å². The van der Waals surface area contributed by atoms with Crippen LogP contribution in [0.25, 0.3) is 0 Å². The lowest BCUT2D eigenvalue weighted by molar-refractivity contribution is -0.121. The molecule has 1 fully saturated rings. The third-order valence-corrected chi connectivity index (χ3v) is 5.36. The fourth-order valence-electron chi connectivity index (χ4n) is 3.27. The summed E-state index contributed by atoms with van der Waals surface area (Å²) in [4.78, 5) is 37.7. The van der Waals surface area contributed by atoms with Gasteiger partial charge in [-0.1, -0.05) is 23.2 Å². The molecular weight excluding hydrogens is 445 g/mol. The van der Waals surface area contributed by atoms with Crippen LogP contribution in [0.1, 0.15) is 28.8 Å². The van der Waals surface area contributed by atoms with Gasteiger partial charge in [0, 0.05) is 40.3 Å². The van der Waals surface area contributed by atoms with Gasteiger partial charge in [-0.3, -0.25) is 14.8 Å². The smallest absolute Gasteiger partial charge is 0.410 e. The summed E-state index contributed by atoms with van der Waals surface area (Å²) in [5.41, 5.74) is 3.06. The Labute approximate surface area is 189 Å². The quantitative estimate of drug-likeness (QED) is 0.454. The first kappa shape index (κ1) is 22.9. The fourth-order valence-corrected chi connectivity index (χ4v) is 3.84. The van der Waals surface area contributed by atoms with Gasteiger partial charge < -0.3 is 15.0 Å². The van der Waals surface area contributed by atoms with E-state index < -0.39 is 12.0 Å². The fraction of sp³-hybridized carbons (Fsp3) is 0.286. The zero-order valence-electron chi connectivity index (χ0n) is 16.4. The van der Waals surface area contributed by atoms with Gasteiger partial charge in [-0.2, -0.15) is 0 Å². The zero-order chi connectivity index (χ0) is 22.4. The van der Waals surface area contributed by atoms with Crippen molar-refractivity contribution in [2.24, 2.45) is 5.92 Å². The molecule has 2 aromatic carbocycles. The lowest BCUT2D eigenvalue weighted by Gasteiger charge is -2.30. The second-order valence-corrected chi connectivity index (χ2v) is 7.97. The van der Waals surface area contributed by atoms with Gasteiger partial charge >= 0.3 is 6.09 Å². The number of carbonyl (C=O) groups excluding carboxylic acids is 3. The number of hydrogen-bond donors (Lipinski definition) is 3. The molecule has 1 heterocycles. The van der Waals surface area contributed by atoms with Crippen LogP contribution >= 0.6 is 23.2 Å². The molecule has 3 N–H and O–H groups in total. The highest BCUT2D eigenvalue weighted by atomic mass is 35.5. The predicted octanol–water partition coefficient (Wildman–Crippen LogP) is 4.10. The third-order valence-electron chi connectivity index (χ3n) is 4.92. The van der Waals surface area contributed by atoms with Crippen LogP contribution < -0.4 is 10.8 Å². The van der Waals surface area contributed by atoms with Crippen LogP contribution in [0.4, 0.5) is 10.5 Å². The summed E-state index contributed by atoms with van der Waals surface area (Å²) >= 11 is 11.9. The second-order valence-electron chi connectivity index (χ2n) is 7.10. The minimum atomic E-state index is -0.629. The number of amides is 3. The summed E-state index contributed by atoms with van der Waals surface area (Å²) in [6.07, 6.45) is 0.567. The number of hydrogen-bond acceptors (Lipinski definition) is 5. The van der Waals surface area contributed by atoms with E-state index in [1.807, 2.05) is 0 Å². The Kier molecular flexibility index (Phi) is 7.73. The van der Waals surface area contributed by atoms with Crippen molar-refractivity contribution in [2.45, 2.75) is 19.4 Å². The molecule has 1 aliphatic rings. The molecular formula is C21H21Cl2N3O5. The van der Waals surface area contributed by atoms with Crippen LogP contribution in [0.2, 0.25) is 10.0 Å². The van der Waals surface area contributed by atoms with Crippen molar-refractivity contribution >= 4 is 46.8 Å². The number of anilines is 1. The molecule has 0 spiro atoms. The summed E-state index contributed by atoms with van der Waals surface area (Å²) in [7, 11) is 0. The van der Waals surface area contributed by atoms with Crippen molar-refractivity contribution in [1.29, 1.82) is 0 Å². The number of ether oxygens (including phenoxy) is 1. The van der Waals surface area contributed by atoms with Crippen LogP contribution in [0.5, 0.6) is 0 Å². The molecule has 164 valence electrons. The molecule has 0 saturated carbocycles. The highest BCUT2D eigenvalue weighted by Crippen LogP contribution is 2.22. The molecule has 31 heavy (non-hydrogen) atoms. The van der Waals surface area contributed by atoms with Crippen molar-refractivity contribution in [3.05, 3.63) is 63.6 Å². The molecule has 8 nitrogen and oxygen atoms in total. The van der Waals surface area contributed by atoms with Gasteiger partial charge in [0.05, 0.1) is 0 Å². The normalized spacial score (nSPS) is 14.1. The van der Waals surface area contributed by atoms with E-state index in [0.717, 1.165) is 0 Å². The molecule has 0 aliphatic carbocycles. The average Bonchev–Trinajstić information content (AvgIpc) is 2.77. The van der Waals surface area contributed by atoms with Gasteiger partial charge in [0.1, 0.15) is 6.61 Å². The Hall–Kier alpha value is -2.81. The standard InChI is InChI=1S/C21H21Cl2N3O5/c22-16-9-13(10-17(23)11-16)12-31-21(29)26-7-5-15(6-8-26)19(27)24-18-3-1-14(2-4-18)20(28)25-30/h1-4,9-11,15,30H,5-8,12H2,(H,24,27)(H,25,28). The van der Waals surface area contributed by atoms with Crippen LogP contribution in [-0.2, 0) is 16.1 Å². The Balaban J connectivity index is 1.45. The number of nitrogens with one attached hydrogen (secondary N) is 2. The third kappa shape index (κ3) is 6.33. The molecule has 0 unspecified atom stereocenters. The molecule has 2 aromatic rings. The number of halogens is 2. The van der Waals surface area contributed by atoms with E-state index in [1.165, 1.54) is 12.1 Å². The first-order valence-corrected chi connectivity index (χ1v) is 10.3. The largest absolute Gasteiger partial charge is 0.445 e. The number of hydroxylamine groups is 1. The van der Waals surface area contributed by atoms with Crippen molar-refractivity contribution in [3.63, 3.8) is 0 Å². The lowest BCUT2D eigenvalue weighted by atomic mass is 9.96. The first-order valence-electron chi connectivity index (χ1n) is 9.57. The Morgan fingerprint density at radius 3 is 2.23 bits per heavy atom. The van der Waals surface area contributed by atoms with Crippen molar-refractivity contribution in [3.8, 4) is 0 Å². The predicted molar refractivity (Wildman–Crippen MR) is 115 cm³/mol. The summed E-state index contributed by atoms with van der Waals surface area (Å²) in [6.45, 7) is 0.871. The van der Waals surface area contributed by atoms with Crippen molar-refractivity contribution < 1.29 is 24.3 Å². The Morgan fingerprint density at radius 2 is 1.65 bits per heavy atom. The minimum Gasteiger partial charge on any atom is -0.445 e. The summed E-state index contributed by atoms with van der Waals surface area (Å²) < 4.78 is 5.33.